The predicted octanol–water partition coefficient (Wildman–Crippen LogP) is 2.85. The fourth-order valence-corrected chi connectivity index (χ4v) is 5.02. The SMILES string of the molecule is COc1cc(C=CC(=O)CC(=O)C=Cc2ccc(C(CCN)CC(N)C(=O)O)c(OC)c2)ccc1C(CCN)CC(N)C(=O)O.Cl. The third kappa shape index (κ3) is 12.4. The van der Waals surface area contributed by atoms with Crippen molar-refractivity contribution in [3.8, 4) is 11.5 Å². The predicted molar refractivity (Wildman–Crippen MR) is 179 cm³/mol. The molecule has 0 amide bonds. The molecule has 0 radical (unpaired) electrons. The minimum absolute atomic E-state index is 0. The van der Waals surface area contributed by atoms with E-state index in [0.717, 1.165) is 11.1 Å². The molecule has 0 spiro atoms. The van der Waals surface area contributed by atoms with Gasteiger partial charge >= 0.3 is 11.9 Å². The summed E-state index contributed by atoms with van der Waals surface area (Å²) < 4.78 is 11.0. The summed E-state index contributed by atoms with van der Waals surface area (Å²) in [6, 6.07) is 8.49. The quantitative estimate of drug-likeness (QED) is 0.0889. The van der Waals surface area contributed by atoms with Crippen LogP contribution in [-0.4, -0.2) is 73.1 Å². The summed E-state index contributed by atoms with van der Waals surface area (Å²) in [4.78, 5) is 47.6. The van der Waals surface area contributed by atoms with E-state index in [1.165, 1.54) is 26.4 Å². The Hall–Kier alpha value is -4.07. The first kappa shape index (κ1) is 40.0. The van der Waals surface area contributed by atoms with Crippen molar-refractivity contribution in [3.63, 3.8) is 0 Å². The van der Waals surface area contributed by atoms with Crippen LogP contribution in [0.3, 0.4) is 0 Å². The van der Waals surface area contributed by atoms with Gasteiger partial charge < -0.3 is 42.6 Å². The van der Waals surface area contributed by atoms with Gasteiger partial charge in [-0.05, 0) is 97.1 Å². The molecule has 0 saturated heterocycles. The van der Waals surface area contributed by atoms with Gasteiger partial charge in [0.1, 0.15) is 23.6 Å². The average Bonchev–Trinajstić information content (AvgIpc) is 3.01. The van der Waals surface area contributed by atoms with Crippen molar-refractivity contribution in [2.45, 2.75) is 56.0 Å². The van der Waals surface area contributed by atoms with E-state index in [-0.39, 0.29) is 43.5 Å². The van der Waals surface area contributed by atoms with Gasteiger partial charge in [-0.15, -0.1) is 12.4 Å². The summed E-state index contributed by atoms with van der Waals surface area (Å²) in [7, 11) is 2.99. The molecule has 0 fully saturated rings. The fourth-order valence-electron chi connectivity index (χ4n) is 5.02. The van der Waals surface area contributed by atoms with E-state index in [1.807, 2.05) is 0 Å². The molecule has 252 valence electrons. The Bertz CT molecular complexity index is 1290. The molecule has 0 aliphatic heterocycles. The molecule has 10 N–H and O–H groups in total. The van der Waals surface area contributed by atoms with Crippen LogP contribution in [0, 0.1) is 0 Å². The van der Waals surface area contributed by atoms with Crippen LogP contribution in [-0.2, 0) is 19.2 Å². The maximum Gasteiger partial charge on any atom is 0.320 e. The minimum Gasteiger partial charge on any atom is -0.496 e. The number of hydrogen-bond acceptors (Lipinski definition) is 10. The molecule has 0 aromatic heterocycles. The van der Waals surface area contributed by atoms with Crippen LogP contribution in [0.2, 0.25) is 0 Å². The molecule has 2 aromatic carbocycles. The van der Waals surface area contributed by atoms with Gasteiger partial charge in [0.05, 0.1) is 20.6 Å². The lowest BCUT2D eigenvalue weighted by Gasteiger charge is -2.21. The van der Waals surface area contributed by atoms with E-state index in [2.05, 4.69) is 0 Å². The number of hydrogen-bond donors (Lipinski definition) is 6. The van der Waals surface area contributed by atoms with Gasteiger partial charge in [-0.2, -0.15) is 0 Å². The second-order valence-corrected chi connectivity index (χ2v) is 10.7. The Morgan fingerprint density at radius 1 is 0.717 bits per heavy atom. The minimum atomic E-state index is -1.09. The molecule has 0 heterocycles. The molecule has 13 heteroatoms. The highest BCUT2D eigenvalue weighted by molar-refractivity contribution is 6.10. The molecular weight excluding hydrogens is 616 g/mol. The number of ketones is 2. The van der Waals surface area contributed by atoms with E-state index in [0.29, 0.717) is 48.6 Å². The zero-order valence-corrected chi connectivity index (χ0v) is 26.9. The number of halogens is 1. The van der Waals surface area contributed by atoms with Crippen molar-refractivity contribution in [1.29, 1.82) is 0 Å². The van der Waals surface area contributed by atoms with Crippen molar-refractivity contribution < 1.29 is 38.9 Å². The molecule has 4 unspecified atom stereocenters. The Morgan fingerprint density at radius 3 is 1.39 bits per heavy atom. The van der Waals surface area contributed by atoms with Crippen LogP contribution >= 0.6 is 12.4 Å². The third-order valence-corrected chi connectivity index (χ3v) is 7.41. The summed E-state index contributed by atoms with van der Waals surface area (Å²) in [5.74, 6) is -2.40. The largest absolute Gasteiger partial charge is 0.496 e. The Labute approximate surface area is 275 Å². The lowest BCUT2D eigenvalue weighted by molar-refractivity contribution is -0.139. The summed E-state index contributed by atoms with van der Waals surface area (Å²) in [6.07, 6.45) is 6.87. The zero-order valence-electron chi connectivity index (χ0n) is 26.1. The summed E-state index contributed by atoms with van der Waals surface area (Å²) in [6.45, 7) is 0.688. The smallest absolute Gasteiger partial charge is 0.320 e. The highest BCUT2D eigenvalue weighted by Crippen LogP contribution is 2.34. The number of carboxylic acids is 2. The van der Waals surface area contributed by atoms with Gasteiger partial charge in [-0.3, -0.25) is 19.2 Å². The lowest BCUT2D eigenvalue weighted by Crippen LogP contribution is -2.32. The van der Waals surface area contributed by atoms with E-state index < -0.39 is 35.6 Å². The topological polar surface area (TPSA) is 231 Å². The Balaban J connectivity index is 0.0000106. The van der Waals surface area contributed by atoms with E-state index in [1.54, 1.807) is 48.6 Å². The number of carbonyl (C=O) groups excluding carboxylic acids is 2. The van der Waals surface area contributed by atoms with Gasteiger partial charge in [-0.1, -0.05) is 36.4 Å². The van der Waals surface area contributed by atoms with Crippen molar-refractivity contribution in [1.82, 2.24) is 0 Å². The second-order valence-electron chi connectivity index (χ2n) is 10.7. The van der Waals surface area contributed by atoms with E-state index in [9.17, 15) is 29.4 Å². The standard InChI is InChI=1S/C33H44N4O8.ClH/c1-44-30-15-20(5-9-26(30)22(11-13-34)17-28(36)32(40)41)3-7-24(38)19-25(39)8-4-21-6-10-27(31(16-21)45-2)23(12-14-35)18-29(37)33(42)43;/h3-10,15-16,22-23,28-29H,11-14,17-19,34-37H2,1-2H3,(H,40,41)(H,42,43);1H. The Morgan fingerprint density at radius 2 is 1.09 bits per heavy atom. The highest BCUT2D eigenvalue weighted by Gasteiger charge is 2.24. The van der Waals surface area contributed by atoms with Gasteiger partial charge in [0.2, 0.25) is 0 Å². The normalized spacial score (nSPS) is 13.9. The summed E-state index contributed by atoms with van der Waals surface area (Å²) >= 11 is 0. The van der Waals surface area contributed by atoms with Gasteiger partial charge in [0.15, 0.2) is 11.6 Å². The molecule has 2 aromatic rings. The number of carbonyl (C=O) groups is 4. The maximum atomic E-state index is 12.5. The Kier molecular flexibility index (Phi) is 17.5. The number of aliphatic carboxylic acids is 2. The van der Waals surface area contributed by atoms with Crippen molar-refractivity contribution >= 4 is 48.1 Å². The monoisotopic (exact) mass is 660 g/mol. The number of allylic oxidation sites excluding steroid dienone is 2. The molecule has 0 saturated carbocycles. The molecule has 12 nitrogen and oxygen atoms in total. The van der Waals surface area contributed by atoms with Gasteiger partial charge in [0, 0.05) is 0 Å². The van der Waals surface area contributed by atoms with Gasteiger partial charge in [0.25, 0.3) is 0 Å². The molecule has 46 heavy (non-hydrogen) atoms. The summed E-state index contributed by atoms with van der Waals surface area (Å²) in [5, 5.41) is 18.4. The van der Waals surface area contributed by atoms with Crippen molar-refractivity contribution in [2.75, 3.05) is 27.3 Å². The van der Waals surface area contributed by atoms with Crippen LogP contribution in [0.15, 0.2) is 48.6 Å². The van der Waals surface area contributed by atoms with E-state index >= 15 is 0 Å². The van der Waals surface area contributed by atoms with Gasteiger partial charge in [-0.25, -0.2) is 0 Å². The first-order valence-corrected chi connectivity index (χ1v) is 14.6. The number of benzene rings is 2. The van der Waals surface area contributed by atoms with Crippen LogP contribution in [0.4, 0.5) is 0 Å². The summed E-state index contributed by atoms with van der Waals surface area (Å²) in [5.41, 5.74) is 25.8. The third-order valence-electron chi connectivity index (χ3n) is 7.41. The zero-order chi connectivity index (χ0) is 33.5. The van der Waals surface area contributed by atoms with Crippen LogP contribution in [0.25, 0.3) is 12.2 Å². The highest BCUT2D eigenvalue weighted by atomic mass is 35.5. The lowest BCUT2D eigenvalue weighted by atomic mass is 9.88. The second kappa shape index (κ2) is 20.1. The number of ether oxygens (including phenoxy) is 2. The maximum absolute atomic E-state index is 12.5. The van der Waals surface area contributed by atoms with Crippen LogP contribution < -0.4 is 32.4 Å². The van der Waals surface area contributed by atoms with Crippen molar-refractivity contribution in [3.05, 3.63) is 70.8 Å². The number of carboxylic acid groups (broad SMARTS) is 2. The number of methoxy groups -OCH3 is 2. The van der Waals surface area contributed by atoms with Crippen molar-refractivity contribution in [2.24, 2.45) is 22.9 Å². The molecule has 0 bridgehead atoms. The molecule has 0 aliphatic rings. The van der Waals surface area contributed by atoms with Crippen LogP contribution in [0.5, 0.6) is 11.5 Å². The molecule has 2 rings (SSSR count). The average molecular weight is 661 g/mol. The van der Waals surface area contributed by atoms with E-state index in [4.69, 9.17) is 32.4 Å². The molecular formula is C33H45ClN4O8. The fraction of sp³-hybridized carbons (Fsp3) is 0.394. The molecule has 4 atom stereocenters. The first-order chi connectivity index (χ1) is 21.4. The first-order valence-electron chi connectivity index (χ1n) is 14.6. The number of nitrogens with two attached hydrogens (primary N) is 4. The molecule has 0 aliphatic carbocycles. The van der Waals surface area contributed by atoms with Crippen LogP contribution in [0.1, 0.15) is 66.2 Å². The number of rotatable bonds is 20.